The van der Waals surface area contributed by atoms with Crippen molar-refractivity contribution in [1.82, 2.24) is 20.4 Å². The monoisotopic (exact) mass is 276 g/mol. The molecule has 1 aliphatic heterocycles. The number of hydrogen-bond acceptors (Lipinski definition) is 3. The average Bonchev–Trinajstić information content (AvgIpc) is 3.09. The van der Waals surface area contributed by atoms with Gasteiger partial charge in [0.05, 0.1) is 11.7 Å². The molecule has 2 N–H and O–H groups in total. The van der Waals surface area contributed by atoms with E-state index in [2.05, 4.69) is 32.7 Å². The quantitative estimate of drug-likeness (QED) is 0.861. The summed E-state index contributed by atoms with van der Waals surface area (Å²) >= 11 is 0. The second kappa shape index (κ2) is 6.39. The molecule has 1 unspecified atom stereocenters. The molecule has 5 nitrogen and oxygen atoms in total. The Balaban J connectivity index is 1.44. The summed E-state index contributed by atoms with van der Waals surface area (Å²) in [5, 5.41) is 11.0. The first-order chi connectivity index (χ1) is 9.81. The predicted molar refractivity (Wildman–Crippen MR) is 77.2 cm³/mol. The van der Waals surface area contributed by atoms with Crippen LogP contribution in [0, 0.1) is 0 Å². The van der Waals surface area contributed by atoms with Crippen LogP contribution in [0.4, 0.5) is 0 Å². The lowest BCUT2D eigenvalue weighted by atomic mass is 9.96. The molecule has 0 radical (unpaired) electrons. The predicted octanol–water partition coefficient (Wildman–Crippen LogP) is 1.76. The highest BCUT2D eigenvalue weighted by Gasteiger charge is 2.20. The number of carbonyl (C=O) groups excluding carboxylic acids is 1. The van der Waals surface area contributed by atoms with Gasteiger partial charge in [-0.1, -0.05) is 19.3 Å². The van der Waals surface area contributed by atoms with Gasteiger partial charge < -0.3 is 10.6 Å². The summed E-state index contributed by atoms with van der Waals surface area (Å²) in [4.78, 5) is 11.1. The Hall–Kier alpha value is -1.36. The molecule has 1 amide bonds. The average molecular weight is 276 g/mol. The Morgan fingerprint density at radius 1 is 1.30 bits per heavy atom. The summed E-state index contributed by atoms with van der Waals surface area (Å²) in [7, 11) is 0. The molecule has 1 saturated carbocycles. The van der Waals surface area contributed by atoms with E-state index in [9.17, 15) is 4.79 Å². The molecule has 0 bridgehead atoms. The van der Waals surface area contributed by atoms with Crippen molar-refractivity contribution in [3.8, 4) is 0 Å². The minimum Gasteiger partial charge on any atom is -0.352 e. The first-order valence-corrected chi connectivity index (χ1v) is 7.85. The SMILES string of the molecule is O=C1CCC(CNCc2ccn(C3CCCCC3)n2)N1. The maximum atomic E-state index is 11.1. The third kappa shape index (κ3) is 3.39. The second-order valence-corrected chi connectivity index (χ2v) is 6.01. The van der Waals surface area contributed by atoms with Gasteiger partial charge in [0.2, 0.25) is 5.91 Å². The molecule has 2 heterocycles. The van der Waals surface area contributed by atoms with Crippen molar-refractivity contribution in [1.29, 1.82) is 0 Å². The fourth-order valence-corrected chi connectivity index (χ4v) is 3.23. The summed E-state index contributed by atoms with van der Waals surface area (Å²) in [6, 6.07) is 3.00. The molecule has 2 fully saturated rings. The maximum absolute atomic E-state index is 11.1. The van der Waals surface area contributed by atoms with Crippen LogP contribution in [-0.2, 0) is 11.3 Å². The van der Waals surface area contributed by atoms with Crippen LogP contribution in [0.1, 0.15) is 56.7 Å². The highest BCUT2D eigenvalue weighted by molar-refractivity contribution is 5.78. The van der Waals surface area contributed by atoms with Crippen LogP contribution in [0.25, 0.3) is 0 Å². The molecule has 0 spiro atoms. The minimum absolute atomic E-state index is 0.179. The molecule has 1 aromatic heterocycles. The first-order valence-electron chi connectivity index (χ1n) is 7.85. The summed E-state index contributed by atoms with van der Waals surface area (Å²) < 4.78 is 2.15. The lowest BCUT2D eigenvalue weighted by molar-refractivity contribution is -0.119. The molecule has 1 aromatic rings. The van der Waals surface area contributed by atoms with Crippen molar-refractivity contribution >= 4 is 5.91 Å². The zero-order valence-corrected chi connectivity index (χ0v) is 12.0. The molecular weight excluding hydrogens is 252 g/mol. The van der Waals surface area contributed by atoms with Crippen molar-refractivity contribution in [2.24, 2.45) is 0 Å². The van der Waals surface area contributed by atoms with Crippen molar-refractivity contribution in [3.63, 3.8) is 0 Å². The number of aromatic nitrogens is 2. The van der Waals surface area contributed by atoms with Crippen molar-refractivity contribution in [2.45, 2.75) is 63.6 Å². The van der Waals surface area contributed by atoms with Gasteiger partial charge in [0, 0.05) is 31.7 Å². The Kier molecular flexibility index (Phi) is 4.35. The van der Waals surface area contributed by atoms with Gasteiger partial charge >= 0.3 is 0 Å². The summed E-state index contributed by atoms with van der Waals surface area (Å²) in [5.74, 6) is 0.179. The van der Waals surface area contributed by atoms with E-state index in [0.29, 0.717) is 18.5 Å². The molecule has 2 aliphatic rings. The molecule has 1 saturated heterocycles. The molecule has 110 valence electrons. The van der Waals surface area contributed by atoms with Crippen LogP contribution in [0.2, 0.25) is 0 Å². The Bertz CT molecular complexity index is 450. The van der Waals surface area contributed by atoms with Crippen LogP contribution in [0.3, 0.4) is 0 Å². The number of rotatable bonds is 5. The van der Waals surface area contributed by atoms with Crippen LogP contribution in [0.15, 0.2) is 12.3 Å². The third-order valence-corrected chi connectivity index (χ3v) is 4.39. The van der Waals surface area contributed by atoms with Gasteiger partial charge in [-0.25, -0.2) is 0 Å². The number of hydrogen-bond donors (Lipinski definition) is 2. The molecule has 0 aromatic carbocycles. The first kappa shape index (κ1) is 13.6. The smallest absolute Gasteiger partial charge is 0.220 e. The molecule has 20 heavy (non-hydrogen) atoms. The molecular formula is C15H24N4O. The molecule has 1 atom stereocenters. The van der Waals surface area contributed by atoms with Crippen LogP contribution in [-0.4, -0.2) is 28.3 Å². The molecule has 5 heteroatoms. The van der Waals surface area contributed by atoms with Crippen molar-refractivity contribution in [2.75, 3.05) is 6.54 Å². The van der Waals surface area contributed by atoms with Gasteiger partial charge in [-0.15, -0.1) is 0 Å². The zero-order valence-electron chi connectivity index (χ0n) is 12.0. The van der Waals surface area contributed by atoms with Gasteiger partial charge in [0.25, 0.3) is 0 Å². The summed E-state index contributed by atoms with van der Waals surface area (Å²) in [5.41, 5.74) is 1.10. The van der Waals surface area contributed by atoms with E-state index in [-0.39, 0.29) is 5.91 Å². The van der Waals surface area contributed by atoms with Crippen LogP contribution < -0.4 is 10.6 Å². The van der Waals surface area contributed by atoms with E-state index in [0.717, 1.165) is 25.2 Å². The van der Waals surface area contributed by atoms with E-state index >= 15 is 0 Å². The lowest BCUT2D eigenvalue weighted by Crippen LogP contribution is -2.35. The van der Waals surface area contributed by atoms with E-state index in [4.69, 9.17) is 0 Å². The topological polar surface area (TPSA) is 59.0 Å². The van der Waals surface area contributed by atoms with E-state index < -0.39 is 0 Å². The number of nitrogens with one attached hydrogen (secondary N) is 2. The number of carbonyl (C=O) groups is 1. The summed E-state index contributed by atoms with van der Waals surface area (Å²) in [6.07, 6.45) is 10.3. The van der Waals surface area contributed by atoms with Gasteiger partial charge in [-0.05, 0) is 25.3 Å². The standard InChI is InChI=1S/C15H24N4O/c20-15-7-6-12(17-15)10-16-11-13-8-9-19(18-13)14-4-2-1-3-5-14/h8-9,12,14,16H,1-7,10-11H2,(H,17,20). The highest BCUT2D eigenvalue weighted by atomic mass is 16.1. The fraction of sp³-hybridized carbons (Fsp3) is 0.733. The summed E-state index contributed by atoms with van der Waals surface area (Å²) in [6.45, 7) is 1.62. The van der Waals surface area contributed by atoms with Gasteiger partial charge in [-0.3, -0.25) is 9.48 Å². The van der Waals surface area contributed by atoms with Crippen LogP contribution >= 0.6 is 0 Å². The minimum atomic E-state index is 0.179. The zero-order chi connectivity index (χ0) is 13.8. The van der Waals surface area contributed by atoms with E-state index in [1.807, 2.05) is 0 Å². The van der Waals surface area contributed by atoms with E-state index in [1.54, 1.807) is 0 Å². The van der Waals surface area contributed by atoms with Crippen LogP contribution in [0.5, 0.6) is 0 Å². The largest absolute Gasteiger partial charge is 0.352 e. The van der Waals surface area contributed by atoms with E-state index in [1.165, 1.54) is 32.1 Å². The van der Waals surface area contributed by atoms with Crippen molar-refractivity contribution in [3.05, 3.63) is 18.0 Å². The second-order valence-electron chi connectivity index (χ2n) is 6.01. The highest BCUT2D eigenvalue weighted by Crippen LogP contribution is 2.27. The lowest BCUT2D eigenvalue weighted by Gasteiger charge is -2.21. The number of amides is 1. The fourth-order valence-electron chi connectivity index (χ4n) is 3.23. The normalized spacial score (nSPS) is 24.0. The third-order valence-electron chi connectivity index (χ3n) is 4.39. The van der Waals surface area contributed by atoms with Gasteiger partial charge in [0.15, 0.2) is 0 Å². The molecule has 1 aliphatic carbocycles. The van der Waals surface area contributed by atoms with Gasteiger partial charge in [0.1, 0.15) is 0 Å². The number of nitrogens with zero attached hydrogens (tertiary/aromatic N) is 2. The maximum Gasteiger partial charge on any atom is 0.220 e. The molecule has 3 rings (SSSR count). The Labute approximate surface area is 120 Å². The van der Waals surface area contributed by atoms with Crippen molar-refractivity contribution < 1.29 is 4.79 Å². The Morgan fingerprint density at radius 2 is 2.15 bits per heavy atom. The Morgan fingerprint density at radius 3 is 2.90 bits per heavy atom. The van der Waals surface area contributed by atoms with Gasteiger partial charge in [-0.2, -0.15) is 5.10 Å².